The van der Waals surface area contributed by atoms with Crippen molar-refractivity contribution in [2.24, 2.45) is 5.92 Å². The summed E-state index contributed by atoms with van der Waals surface area (Å²) in [5, 5.41) is 14.0. The molecule has 9 heteroatoms. The van der Waals surface area contributed by atoms with Gasteiger partial charge in [-0.1, -0.05) is 56.3 Å². The van der Waals surface area contributed by atoms with E-state index in [1.807, 2.05) is 36.4 Å². The summed E-state index contributed by atoms with van der Waals surface area (Å²) in [4.78, 5) is 39.6. The Hall–Kier alpha value is -4.11. The van der Waals surface area contributed by atoms with Crippen LogP contribution in [0.1, 0.15) is 43.9 Å². The highest BCUT2D eigenvalue weighted by atomic mass is 19.1. The van der Waals surface area contributed by atoms with Crippen molar-refractivity contribution < 1.29 is 28.3 Å². The number of hydrogen-bond acceptors (Lipinski definition) is 4. The average molecular weight is 508 g/mol. The molecule has 0 bridgehead atoms. The molecule has 0 saturated heterocycles. The van der Waals surface area contributed by atoms with Gasteiger partial charge in [0.1, 0.15) is 17.7 Å². The van der Waals surface area contributed by atoms with Gasteiger partial charge >= 0.3 is 0 Å². The highest BCUT2D eigenvalue weighted by Gasteiger charge is 2.35. The zero-order valence-corrected chi connectivity index (χ0v) is 20.5. The van der Waals surface area contributed by atoms with Gasteiger partial charge in [-0.15, -0.1) is 0 Å². The molecule has 3 amide bonds. The van der Waals surface area contributed by atoms with E-state index in [0.29, 0.717) is 11.8 Å². The van der Waals surface area contributed by atoms with Gasteiger partial charge in [0.05, 0.1) is 11.6 Å². The van der Waals surface area contributed by atoms with Crippen LogP contribution < -0.4 is 15.8 Å². The monoisotopic (exact) mass is 507 g/mol. The van der Waals surface area contributed by atoms with Crippen LogP contribution in [0.15, 0.2) is 66.7 Å². The van der Waals surface area contributed by atoms with E-state index in [1.165, 1.54) is 5.01 Å². The summed E-state index contributed by atoms with van der Waals surface area (Å²) in [6.45, 7) is 5.10. The topological polar surface area (TPSA) is 98.7 Å². The van der Waals surface area contributed by atoms with E-state index in [-0.39, 0.29) is 11.5 Å². The van der Waals surface area contributed by atoms with Crippen LogP contribution in [0, 0.1) is 17.6 Å². The number of benzene rings is 3. The molecule has 0 aliphatic carbocycles. The maximum atomic E-state index is 13.6. The zero-order valence-electron chi connectivity index (χ0n) is 20.5. The predicted molar refractivity (Wildman–Crippen MR) is 134 cm³/mol. The molecular weight excluding hydrogens is 480 g/mol. The molecule has 7 nitrogen and oxygen atoms in total. The van der Waals surface area contributed by atoms with E-state index in [4.69, 9.17) is 0 Å². The van der Waals surface area contributed by atoms with E-state index < -0.39 is 47.4 Å². The lowest BCUT2D eigenvalue weighted by Crippen LogP contribution is -2.57. The average Bonchev–Trinajstić information content (AvgIpc) is 2.95. The molecule has 1 heterocycles. The van der Waals surface area contributed by atoms with Crippen LogP contribution in [-0.4, -0.2) is 28.9 Å². The standard InChI is InChI=1S/C28H27F2N3O4/c1-15(2)24(31-27(36)25(34)17-12-18(29)14-19(30)13-17)26(35)32-33-23-11-7-6-10-22(23)21-9-5-4-8-20(21)16(3)28(33)37/h4-16,24-25,34H,1-3H3,(H,31,36)(H,32,35)/t16?,24-,25-/m0/s1. The second-order valence-corrected chi connectivity index (χ2v) is 9.31. The molecule has 192 valence electrons. The summed E-state index contributed by atoms with van der Waals surface area (Å²) in [7, 11) is 0. The summed E-state index contributed by atoms with van der Waals surface area (Å²) in [6, 6.07) is 15.8. The Bertz CT molecular complexity index is 1340. The molecular formula is C28H27F2N3O4. The highest BCUT2D eigenvalue weighted by Crippen LogP contribution is 2.40. The number of carbonyl (C=O) groups excluding carboxylic acids is 3. The zero-order chi connectivity index (χ0) is 26.9. The van der Waals surface area contributed by atoms with Crippen LogP contribution in [-0.2, 0) is 14.4 Å². The van der Waals surface area contributed by atoms with Gasteiger partial charge in [-0.2, -0.15) is 0 Å². The summed E-state index contributed by atoms with van der Waals surface area (Å²) < 4.78 is 27.1. The van der Waals surface area contributed by atoms with Gasteiger partial charge in [0.25, 0.3) is 17.7 Å². The maximum Gasteiger partial charge on any atom is 0.261 e. The number of carbonyl (C=O) groups is 3. The molecule has 3 aromatic rings. The lowest BCUT2D eigenvalue weighted by molar-refractivity contribution is -0.135. The molecule has 0 fully saturated rings. The first-order valence-electron chi connectivity index (χ1n) is 11.9. The van der Waals surface area contributed by atoms with Crippen molar-refractivity contribution in [1.29, 1.82) is 0 Å². The van der Waals surface area contributed by atoms with Gasteiger partial charge in [0.15, 0.2) is 6.10 Å². The quantitative estimate of drug-likeness (QED) is 0.470. The van der Waals surface area contributed by atoms with Crippen LogP contribution >= 0.6 is 0 Å². The van der Waals surface area contributed by atoms with Crippen LogP contribution in [0.5, 0.6) is 0 Å². The van der Waals surface area contributed by atoms with Gasteiger partial charge in [0, 0.05) is 11.6 Å². The Morgan fingerprint density at radius 2 is 1.51 bits per heavy atom. The minimum atomic E-state index is -1.91. The third-order valence-corrected chi connectivity index (χ3v) is 6.37. The number of para-hydroxylation sites is 1. The second-order valence-electron chi connectivity index (χ2n) is 9.31. The number of anilines is 1. The molecule has 3 atom stereocenters. The minimum absolute atomic E-state index is 0.291. The fourth-order valence-corrected chi connectivity index (χ4v) is 4.41. The number of halogens is 2. The molecule has 0 spiro atoms. The summed E-state index contributed by atoms with van der Waals surface area (Å²) in [6.07, 6.45) is -1.91. The Morgan fingerprint density at radius 3 is 2.16 bits per heavy atom. The van der Waals surface area contributed by atoms with Gasteiger partial charge in [-0.3, -0.25) is 19.8 Å². The third-order valence-electron chi connectivity index (χ3n) is 6.37. The van der Waals surface area contributed by atoms with Gasteiger partial charge < -0.3 is 10.4 Å². The SMILES string of the molecule is CC1C(=O)N(NC(=O)[C@@H](NC(=O)[C@@H](O)c2cc(F)cc(F)c2)C(C)C)c2ccccc2-c2ccccc21. The van der Waals surface area contributed by atoms with E-state index in [0.717, 1.165) is 28.8 Å². The number of hydrazine groups is 1. The summed E-state index contributed by atoms with van der Waals surface area (Å²) in [5.74, 6) is -4.99. The van der Waals surface area contributed by atoms with Gasteiger partial charge in [-0.05, 0) is 47.7 Å². The van der Waals surface area contributed by atoms with E-state index in [1.54, 1.807) is 32.9 Å². The molecule has 0 radical (unpaired) electrons. The Morgan fingerprint density at radius 1 is 0.919 bits per heavy atom. The Kier molecular flexibility index (Phi) is 7.35. The first-order valence-corrected chi connectivity index (χ1v) is 11.9. The number of fused-ring (bicyclic) bond motifs is 3. The number of hydrogen-bond donors (Lipinski definition) is 3. The van der Waals surface area contributed by atoms with Crippen LogP contribution in [0.3, 0.4) is 0 Å². The fraction of sp³-hybridized carbons (Fsp3) is 0.250. The lowest BCUT2D eigenvalue weighted by atomic mass is 9.92. The predicted octanol–water partition coefficient (Wildman–Crippen LogP) is 3.99. The van der Waals surface area contributed by atoms with Crippen molar-refractivity contribution in [1.82, 2.24) is 10.7 Å². The fourth-order valence-electron chi connectivity index (χ4n) is 4.41. The van der Waals surface area contributed by atoms with E-state index >= 15 is 0 Å². The summed E-state index contributed by atoms with van der Waals surface area (Å²) >= 11 is 0. The van der Waals surface area contributed by atoms with Crippen molar-refractivity contribution in [2.45, 2.75) is 38.8 Å². The normalized spacial score (nSPS) is 16.4. The van der Waals surface area contributed by atoms with Crippen molar-refractivity contribution in [3.63, 3.8) is 0 Å². The van der Waals surface area contributed by atoms with Crippen molar-refractivity contribution in [3.05, 3.63) is 89.5 Å². The third kappa shape index (κ3) is 5.22. The van der Waals surface area contributed by atoms with Gasteiger partial charge in [0.2, 0.25) is 0 Å². The minimum Gasteiger partial charge on any atom is -0.378 e. The number of nitrogens with one attached hydrogen (secondary N) is 2. The Balaban J connectivity index is 1.60. The first-order chi connectivity index (χ1) is 17.6. The molecule has 0 aromatic heterocycles. The van der Waals surface area contributed by atoms with Crippen molar-refractivity contribution in [3.8, 4) is 11.1 Å². The van der Waals surface area contributed by atoms with Crippen LogP contribution in [0.4, 0.5) is 14.5 Å². The van der Waals surface area contributed by atoms with Crippen molar-refractivity contribution in [2.75, 3.05) is 5.01 Å². The van der Waals surface area contributed by atoms with E-state index in [2.05, 4.69) is 10.7 Å². The summed E-state index contributed by atoms with van der Waals surface area (Å²) in [5.41, 5.74) is 5.27. The molecule has 37 heavy (non-hydrogen) atoms. The van der Waals surface area contributed by atoms with Crippen LogP contribution in [0.2, 0.25) is 0 Å². The molecule has 1 aliphatic heterocycles. The lowest BCUT2D eigenvalue weighted by Gasteiger charge is -2.29. The Labute approximate surface area is 213 Å². The molecule has 4 rings (SSSR count). The van der Waals surface area contributed by atoms with E-state index in [9.17, 15) is 28.3 Å². The molecule has 0 saturated carbocycles. The number of aliphatic hydroxyl groups excluding tert-OH is 1. The molecule has 1 aliphatic rings. The van der Waals surface area contributed by atoms with Crippen LogP contribution in [0.25, 0.3) is 11.1 Å². The highest BCUT2D eigenvalue weighted by molar-refractivity contribution is 6.07. The molecule has 1 unspecified atom stereocenters. The van der Waals surface area contributed by atoms with Gasteiger partial charge in [-0.25, -0.2) is 13.8 Å². The number of aliphatic hydroxyl groups is 1. The number of nitrogens with zero attached hydrogens (tertiary/aromatic N) is 1. The number of amides is 3. The molecule has 3 aromatic carbocycles. The second kappa shape index (κ2) is 10.5. The smallest absolute Gasteiger partial charge is 0.261 e. The van der Waals surface area contributed by atoms with Crippen molar-refractivity contribution >= 4 is 23.4 Å². The molecule has 3 N–H and O–H groups in total. The number of rotatable bonds is 6. The maximum absolute atomic E-state index is 13.6. The first kappa shape index (κ1) is 26.0. The largest absolute Gasteiger partial charge is 0.378 e.